The number of pyridine rings is 1. The van der Waals surface area contributed by atoms with Crippen molar-refractivity contribution < 1.29 is 18.0 Å². The Morgan fingerprint density at radius 1 is 1.21 bits per heavy atom. The number of hydrogen-bond donors (Lipinski definition) is 2. The number of carbonyl (C=O) groups excluding carboxylic acids is 1. The van der Waals surface area contributed by atoms with E-state index < -0.39 is 17.6 Å². The van der Waals surface area contributed by atoms with E-state index in [1.165, 1.54) is 11.3 Å². The second kappa shape index (κ2) is 10.2. The number of piperazine rings is 1. The van der Waals surface area contributed by atoms with E-state index in [1.807, 2.05) is 24.8 Å². The number of aromatic nitrogens is 3. The van der Waals surface area contributed by atoms with E-state index in [2.05, 4.69) is 15.6 Å². The first-order valence-corrected chi connectivity index (χ1v) is 13.2. The monoisotopic (exact) mass is 564 g/mol. The van der Waals surface area contributed by atoms with E-state index in [0.29, 0.717) is 54.3 Å². The fourth-order valence-electron chi connectivity index (χ4n) is 4.68. The van der Waals surface area contributed by atoms with E-state index in [0.717, 1.165) is 23.1 Å². The maximum Gasteiger partial charge on any atom is 0.416 e. The molecule has 1 aliphatic heterocycles. The topological polar surface area (TPSA) is 92.2 Å². The quantitative estimate of drug-likeness (QED) is 0.368. The molecule has 8 nitrogen and oxygen atoms in total. The van der Waals surface area contributed by atoms with Crippen LogP contribution in [0.3, 0.4) is 0 Å². The lowest BCUT2D eigenvalue weighted by Gasteiger charge is -2.31. The van der Waals surface area contributed by atoms with Crippen LogP contribution in [0.5, 0.6) is 0 Å². The van der Waals surface area contributed by atoms with Gasteiger partial charge in [0.1, 0.15) is 22.6 Å². The van der Waals surface area contributed by atoms with E-state index in [9.17, 15) is 22.8 Å². The van der Waals surface area contributed by atoms with Crippen LogP contribution in [0.15, 0.2) is 29.1 Å². The molecular formula is C25H24ClF3N6O2S. The Balaban J connectivity index is 1.61. The van der Waals surface area contributed by atoms with E-state index in [-0.39, 0.29) is 33.8 Å². The summed E-state index contributed by atoms with van der Waals surface area (Å²) in [5.74, 6) is -0.527. The Bertz CT molecular complexity index is 1610. The molecular weight excluding hydrogens is 541 g/mol. The Labute approximate surface area is 224 Å². The van der Waals surface area contributed by atoms with Crippen molar-refractivity contribution in [2.24, 2.45) is 0 Å². The summed E-state index contributed by atoms with van der Waals surface area (Å²) in [4.78, 5) is 40.0. The second-order valence-electron chi connectivity index (χ2n) is 8.98. The number of anilines is 2. The Kier molecular flexibility index (Phi) is 7.05. The van der Waals surface area contributed by atoms with Gasteiger partial charge in [-0.2, -0.15) is 13.2 Å². The van der Waals surface area contributed by atoms with Gasteiger partial charge in [0.05, 0.1) is 16.3 Å². The number of alkyl halides is 3. The van der Waals surface area contributed by atoms with Crippen molar-refractivity contribution in [3.8, 4) is 0 Å². The molecule has 0 aliphatic carbocycles. The molecule has 200 valence electrons. The van der Waals surface area contributed by atoms with Crippen molar-refractivity contribution >= 4 is 61.7 Å². The summed E-state index contributed by atoms with van der Waals surface area (Å²) in [6.07, 6.45) is -4.11. The summed E-state index contributed by atoms with van der Waals surface area (Å²) < 4.78 is 40.8. The molecule has 4 aromatic rings. The zero-order chi connectivity index (χ0) is 27.2. The highest BCUT2D eigenvalue weighted by Crippen LogP contribution is 2.34. The number of thiophene rings is 1. The van der Waals surface area contributed by atoms with Gasteiger partial charge in [-0.3, -0.25) is 9.59 Å². The van der Waals surface area contributed by atoms with Crippen molar-refractivity contribution in [3.63, 3.8) is 0 Å². The summed E-state index contributed by atoms with van der Waals surface area (Å²) in [6.45, 7) is 6.25. The minimum Gasteiger partial charge on any atom is -0.364 e. The standard InChI is InChI=1S/C25H24ClF3N6O2S/c1-3-18-21(34-8-6-30-7-9-34)22(37)20-23(32-17-10-13(2)38-24(17)33-20)35(18)12-19(36)31-16-5-4-14(11-15(16)26)25(27,28)29/h4-5,10-11,30H,3,6-9,12H2,1-2H3,(H,31,36). The molecule has 0 radical (unpaired) electrons. The van der Waals surface area contributed by atoms with Gasteiger partial charge in [-0.1, -0.05) is 18.5 Å². The molecule has 38 heavy (non-hydrogen) atoms. The summed E-state index contributed by atoms with van der Waals surface area (Å²) in [7, 11) is 0. The molecule has 13 heteroatoms. The van der Waals surface area contributed by atoms with E-state index in [4.69, 9.17) is 16.6 Å². The fraction of sp³-hybridized carbons (Fsp3) is 0.360. The minimum absolute atomic E-state index is 0.0531. The van der Waals surface area contributed by atoms with E-state index >= 15 is 0 Å². The summed E-state index contributed by atoms with van der Waals surface area (Å²) in [5.41, 5.74) is 1.11. The highest BCUT2D eigenvalue weighted by molar-refractivity contribution is 7.18. The van der Waals surface area contributed by atoms with Crippen LogP contribution in [0.2, 0.25) is 5.02 Å². The van der Waals surface area contributed by atoms with Crippen molar-refractivity contribution in [1.82, 2.24) is 19.9 Å². The number of fused-ring (bicyclic) bond motifs is 2. The molecule has 0 atom stereocenters. The van der Waals surface area contributed by atoms with Gasteiger partial charge in [-0.15, -0.1) is 11.3 Å². The number of amides is 1. The summed E-state index contributed by atoms with van der Waals surface area (Å²) in [6, 6.07) is 4.63. The molecule has 1 fully saturated rings. The molecule has 1 amide bonds. The molecule has 3 aromatic heterocycles. The van der Waals surface area contributed by atoms with Crippen LogP contribution < -0.4 is 21.0 Å². The average Bonchev–Trinajstić information content (AvgIpc) is 3.24. The largest absolute Gasteiger partial charge is 0.416 e. The predicted molar refractivity (Wildman–Crippen MR) is 143 cm³/mol. The normalized spacial score (nSPS) is 14.4. The minimum atomic E-state index is -4.55. The number of carbonyl (C=O) groups is 1. The first-order chi connectivity index (χ1) is 18.1. The fourth-order valence-corrected chi connectivity index (χ4v) is 5.73. The van der Waals surface area contributed by atoms with Crippen LogP contribution in [0.4, 0.5) is 24.5 Å². The Morgan fingerprint density at radius 3 is 2.61 bits per heavy atom. The molecule has 4 heterocycles. The number of nitrogens with zero attached hydrogens (tertiary/aromatic N) is 4. The molecule has 2 N–H and O–H groups in total. The van der Waals surface area contributed by atoms with Crippen LogP contribution in [0.25, 0.3) is 21.5 Å². The maximum absolute atomic E-state index is 13.8. The first kappa shape index (κ1) is 26.4. The lowest BCUT2D eigenvalue weighted by atomic mass is 10.1. The van der Waals surface area contributed by atoms with Crippen LogP contribution in [0, 0.1) is 6.92 Å². The molecule has 5 rings (SSSR count). The van der Waals surface area contributed by atoms with Crippen molar-refractivity contribution in [1.29, 1.82) is 0 Å². The van der Waals surface area contributed by atoms with Gasteiger partial charge in [-0.05, 0) is 37.6 Å². The van der Waals surface area contributed by atoms with Crippen molar-refractivity contribution in [3.05, 3.63) is 55.6 Å². The number of halogens is 4. The molecule has 0 bridgehead atoms. The second-order valence-corrected chi connectivity index (χ2v) is 10.6. The molecule has 0 spiro atoms. The van der Waals surface area contributed by atoms with Gasteiger partial charge < -0.3 is 20.1 Å². The van der Waals surface area contributed by atoms with Gasteiger partial charge in [0.15, 0.2) is 11.2 Å². The lowest BCUT2D eigenvalue weighted by molar-refractivity contribution is -0.137. The van der Waals surface area contributed by atoms with Crippen molar-refractivity contribution in [2.75, 3.05) is 36.4 Å². The zero-order valence-electron chi connectivity index (χ0n) is 20.6. The predicted octanol–water partition coefficient (Wildman–Crippen LogP) is 4.60. The molecule has 1 aliphatic rings. The summed E-state index contributed by atoms with van der Waals surface area (Å²) >= 11 is 7.49. The zero-order valence-corrected chi connectivity index (χ0v) is 22.1. The van der Waals surface area contributed by atoms with Crippen LogP contribution >= 0.6 is 22.9 Å². The van der Waals surface area contributed by atoms with Crippen LogP contribution in [0.1, 0.15) is 23.1 Å². The van der Waals surface area contributed by atoms with Gasteiger partial charge in [0.2, 0.25) is 11.3 Å². The molecule has 1 saturated heterocycles. The van der Waals surface area contributed by atoms with Crippen LogP contribution in [-0.4, -0.2) is 46.6 Å². The van der Waals surface area contributed by atoms with E-state index in [1.54, 1.807) is 4.57 Å². The molecule has 1 aromatic carbocycles. The number of hydrogen-bond acceptors (Lipinski definition) is 7. The first-order valence-electron chi connectivity index (χ1n) is 12.0. The lowest BCUT2D eigenvalue weighted by Crippen LogP contribution is -2.46. The Morgan fingerprint density at radius 2 is 1.95 bits per heavy atom. The third-order valence-electron chi connectivity index (χ3n) is 6.39. The van der Waals surface area contributed by atoms with Crippen LogP contribution in [-0.2, 0) is 23.9 Å². The highest BCUT2D eigenvalue weighted by Gasteiger charge is 2.31. The number of nitrogens with one attached hydrogen (secondary N) is 2. The SMILES string of the molecule is CCc1c(N2CCNCC2)c(=O)c2nc3sc(C)cc3nc2n1CC(=O)Nc1ccc(C(F)(F)F)cc1Cl. The molecule has 0 unspecified atom stereocenters. The van der Waals surface area contributed by atoms with Gasteiger partial charge in [0.25, 0.3) is 0 Å². The van der Waals surface area contributed by atoms with Crippen molar-refractivity contribution in [2.45, 2.75) is 33.0 Å². The Hall–Kier alpha value is -3.22. The summed E-state index contributed by atoms with van der Waals surface area (Å²) in [5, 5.41) is 5.64. The number of benzene rings is 1. The average molecular weight is 565 g/mol. The highest BCUT2D eigenvalue weighted by atomic mass is 35.5. The van der Waals surface area contributed by atoms with Gasteiger partial charge >= 0.3 is 6.18 Å². The number of rotatable bonds is 5. The third-order valence-corrected chi connectivity index (χ3v) is 7.64. The molecule has 0 saturated carbocycles. The van der Waals surface area contributed by atoms with Gasteiger partial charge in [-0.25, -0.2) is 9.97 Å². The third kappa shape index (κ3) is 4.95. The van der Waals surface area contributed by atoms with Gasteiger partial charge in [0, 0.05) is 36.8 Å². The maximum atomic E-state index is 13.8. The smallest absolute Gasteiger partial charge is 0.364 e. The number of aryl methyl sites for hydroxylation is 1.